The number of alkyl halides is 1. The second kappa shape index (κ2) is 5.46. The summed E-state index contributed by atoms with van der Waals surface area (Å²) in [6, 6.07) is 7.35. The first-order chi connectivity index (χ1) is 8.06. The van der Waals surface area contributed by atoms with Gasteiger partial charge < -0.3 is 0 Å². The molecule has 0 spiro atoms. The smallest absolute Gasteiger partial charge is 0.129 e. The van der Waals surface area contributed by atoms with Crippen LogP contribution in [0.3, 0.4) is 0 Å². The molecule has 1 heterocycles. The molecule has 0 amide bonds. The van der Waals surface area contributed by atoms with Crippen molar-refractivity contribution < 1.29 is 8.78 Å². The number of thiophene rings is 1. The molecule has 0 saturated carbocycles. The molecule has 1 atom stereocenters. The third-order valence-electron chi connectivity index (χ3n) is 2.32. The highest BCUT2D eigenvalue weighted by Crippen LogP contribution is 2.33. The Bertz CT molecular complexity index is 527. The van der Waals surface area contributed by atoms with Gasteiger partial charge in [-0.25, -0.2) is 8.78 Å². The van der Waals surface area contributed by atoms with E-state index in [1.807, 2.05) is 12.1 Å². The van der Waals surface area contributed by atoms with Crippen molar-refractivity contribution >= 4 is 38.9 Å². The van der Waals surface area contributed by atoms with Crippen LogP contribution in [0.5, 0.6) is 0 Å². The minimum atomic E-state index is -0.573. The summed E-state index contributed by atoms with van der Waals surface area (Å²) < 4.78 is 27.1. The Morgan fingerprint density at radius 1 is 1.24 bits per heavy atom. The second-order valence-corrected chi connectivity index (χ2v) is 6.57. The first-order valence-corrected chi connectivity index (χ1v) is 6.94. The van der Waals surface area contributed by atoms with Crippen LogP contribution in [-0.2, 0) is 6.42 Å². The zero-order chi connectivity index (χ0) is 12.4. The minimum Gasteiger partial charge on any atom is -0.207 e. The van der Waals surface area contributed by atoms with Gasteiger partial charge in [-0.05, 0) is 46.1 Å². The normalized spacial score (nSPS) is 12.7. The van der Waals surface area contributed by atoms with Gasteiger partial charge in [0.1, 0.15) is 11.6 Å². The maximum Gasteiger partial charge on any atom is 0.129 e. The van der Waals surface area contributed by atoms with Crippen LogP contribution in [0.15, 0.2) is 34.1 Å². The minimum absolute atomic E-state index is 0.300. The molecule has 0 bridgehead atoms. The fraction of sp³-hybridized carbons (Fsp3) is 0.167. The molecule has 0 nitrogen and oxygen atoms in total. The van der Waals surface area contributed by atoms with Crippen LogP contribution in [0.1, 0.15) is 15.8 Å². The summed E-state index contributed by atoms with van der Waals surface area (Å²) in [5.74, 6) is -1.12. The fourth-order valence-electron chi connectivity index (χ4n) is 1.48. The van der Waals surface area contributed by atoms with Crippen molar-refractivity contribution in [1.82, 2.24) is 0 Å². The number of hydrogen-bond donors (Lipinski definition) is 0. The molecular formula is C12H8BrClF2S. The van der Waals surface area contributed by atoms with E-state index in [1.165, 1.54) is 23.5 Å². The lowest BCUT2D eigenvalue weighted by Gasteiger charge is -2.08. The van der Waals surface area contributed by atoms with E-state index in [2.05, 4.69) is 15.9 Å². The first kappa shape index (κ1) is 13.0. The van der Waals surface area contributed by atoms with Crippen molar-refractivity contribution in [2.75, 3.05) is 0 Å². The highest BCUT2D eigenvalue weighted by atomic mass is 79.9. The van der Waals surface area contributed by atoms with Crippen molar-refractivity contribution in [2.45, 2.75) is 11.8 Å². The molecule has 17 heavy (non-hydrogen) atoms. The molecular weight excluding hydrogens is 330 g/mol. The molecule has 1 unspecified atom stereocenters. The standard InChI is InChI=1S/C12H8BrClF2S/c13-12-4-3-11(17-12)9(14)5-7-1-2-8(15)6-10(7)16/h1-4,6,9H,5H2. The molecule has 2 aromatic rings. The molecule has 0 saturated heterocycles. The monoisotopic (exact) mass is 336 g/mol. The number of benzene rings is 1. The SMILES string of the molecule is Fc1ccc(CC(Cl)c2ccc(Br)s2)c(F)c1. The Morgan fingerprint density at radius 2 is 2.00 bits per heavy atom. The molecule has 0 fully saturated rings. The first-order valence-electron chi connectivity index (χ1n) is 4.89. The van der Waals surface area contributed by atoms with Gasteiger partial charge in [0.2, 0.25) is 0 Å². The Balaban J connectivity index is 2.15. The van der Waals surface area contributed by atoms with E-state index in [1.54, 1.807) is 0 Å². The predicted octanol–water partition coefficient (Wildman–Crippen LogP) is 5.31. The van der Waals surface area contributed by atoms with Gasteiger partial charge in [0.15, 0.2) is 0 Å². The van der Waals surface area contributed by atoms with Gasteiger partial charge >= 0.3 is 0 Å². The van der Waals surface area contributed by atoms with E-state index in [4.69, 9.17) is 11.6 Å². The van der Waals surface area contributed by atoms with E-state index in [-0.39, 0.29) is 5.38 Å². The van der Waals surface area contributed by atoms with Crippen LogP contribution < -0.4 is 0 Å². The summed E-state index contributed by atoms with van der Waals surface area (Å²) >= 11 is 11.1. The van der Waals surface area contributed by atoms with Gasteiger partial charge in [0.05, 0.1) is 9.16 Å². The van der Waals surface area contributed by atoms with Crippen molar-refractivity contribution in [2.24, 2.45) is 0 Å². The number of hydrogen-bond acceptors (Lipinski definition) is 1. The van der Waals surface area contributed by atoms with E-state index >= 15 is 0 Å². The van der Waals surface area contributed by atoms with E-state index in [0.29, 0.717) is 12.0 Å². The van der Waals surface area contributed by atoms with E-state index in [0.717, 1.165) is 14.7 Å². The molecule has 0 aliphatic carbocycles. The molecule has 2 rings (SSSR count). The maximum absolute atomic E-state index is 13.4. The van der Waals surface area contributed by atoms with Gasteiger partial charge in [-0.3, -0.25) is 0 Å². The molecule has 0 radical (unpaired) electrons. The lowest BCUT2D eigenvalue weighted by molar-refractivity contribution is 0.571. The Hall–Kier alpha value is -0.450. The quantitative estimate of drug-likeness (QED) is 0.666. The molecule has 0 aliphatic heterocycles. The van der Waals surface area contributed by atoms with Crippen LogP contribution >= 0.6 is 38.9 Å². The van der Waals surface area contributed by atoms with Gasteiger partial charge in [0.25, 0.3) is 0 Å². The predicted molar refractivity (Wildman–Crippen MR) is 70.7 cm³/mol. The summed E-state index contributed by atoms with van der Waals surface area (Å²) in [6.45, 7) is 0. The summed E-state index contributed by atoms with van der Waals surface area (Å²) in [4.78, 5) is 0.960. The van der Waals surface area contributed by atoms with Gasteiger partial charge in [-0.15, -0.1) is 22.9 Å². The van der Waals surface area contributed by atoms with Gasteiger partial charge in [-0.2, -0.15) is 0 Å². The highest BCUT2D eigenvalue weighted by Gasteiger charge is 2.14. The van der Waals surface area contributed by atoms with Crippen molar-refractivity contribution in [3.05, 3.63) is 56.2 Å². The van der Waals surface area contributed by atoms with Crippen LogP contribution in [0.4, 0.5) is 8.78 Å². The van der Waals surface area contributed by atoms with E-state index < -0.39 is 11.6 Å². The molecule has 5 heteroatoms. The number of rotatable bonds is 3. The van der Waals surface area contributed by atoms with Crippen LogP contribution in [0, 0.1) is 11.6 Å². The fourth-order valence-corrected chi connectivity index (χ4v) is 3.25. The number of halogens is 4. The van der Waals surface area contributed by atoms with Gasteiger partial charge in [0, 0.05) is 10.9 Å². The largest absolute Gasteiger partial charge is 0.207 e. The molecule has 90 valence electrons. The van der Waals surface area contributed by atoms with Gasteiger partial charge in [-0.1, -0.05) is 6.07 Å². The van der Waals surface area contributed by atoms with Crippen molar-refractivity contribution in [3.8, 4) is 0 Å². The topological polar surface area (TPSA) is 0 Å². The average molecular weight is 338 g/mol. The summed E-state index contributed by atoms with van der Waals surface area (Å²) in [5.41, 5.74) is 0.427. The van der Waals surface area contributed by atoms with Crippen molar-refractivity contribution in [1.29, 1.82) is 0 Å². The summed E-state index contributed by atoms with van der Waals surface area (Å²) in [7, 11) is 0. The van der Waals surface area contributed by atoms with Crippen molar-refractivity contribution in [3.63, 3.8) is 0 Å². The molecule has 0 N–H and O–H groups in total. The lowest BCUT2D eigenvalue weighted by atomic mass is 10.1. The molecule has 1 aromatic carbocycles. The second-order valence-electron chi connectivity index (χ2n) is 3.55. The Kier molecular flexibility index (Phi) is 4.17. The Morgan fingerprint density at radius 3 is 2.59 bits per heavy atom. The van der Waals surface area contributed by atoms with Crippen LogP contribution in [0.25, 0.3) is 0 Å². The maximum atomic E-state index is 13.4. The summed E-state index contributed by atoms with van der Waals surface area (Å²) in [5, 5.41) is -0.300. The lowest BCUT2D eigenvalue weighted by Crippen LogP contribution is -1.97. The third kappa shape index (κ3) is 3.27. The van der Waals surface area contributed by atoms with Crippen LogP contribution in [-0.4, -0.2) is 0 Å². The average Bonchev–Trinajstić information content (AvgIpc) is 2.69. The third-order valence-corrected chi connectivity index (χ3v) is 4.57. The zero-order valence-corrected chi connectivity index (χ0v) is 11.7. The highest BCUT2D eigenvalue weighted by molar-refractivity contribution is 9.11. The van der Waals surface area contributed by atoms with E-state index in [9.17, 15) is 8.78 Å². The van der Waals surface area contributed by atoms with Crippen LogP contribution in [0.2, 0.25) is 0 Å². The zero-order valence-electron chi connectivity index (χ0n) is 8.59. The summed E-state index contributed by atoms with van der Waals surface area (Å²) in [6.07, 6.45) is 0.348. The molecule has 0 aliphatic rings. The Labute approximate surface area is 115 Å². The molecule has 1 aromatic heterocycles.